The molecule has 0 amide bonds. The molecule has 0 bridgehead atoms. The third kappa shape index (κ3) is 14.6. The van der Waals surface area contributed by atoms with Crippen molar-refractivity contribution in [2.45, 2.75) is 112 Å². The Morgan fingerprint density at radius 3 is 2.02 bits per heavy atom. The van der Waals surface area contributed by atoms with E-state index in [0.29, 0.717) is 0 Å². The molecule has 0 radical (unpaired) electrons. The van der Waals surface area contributed by atoms with E-state index >= 15 is 0 Å². The minimum Gasteiger partial charge on any atom is -0.358 e. The molecule has 0 fully saturated rings. The Labute approximate surface area is 269 Å². The van der Waals surface area contributed by atoms with Gasteiger partial charge in [0.2, 0.25) is 0 Å². The van der Waals surface area contributed by atoms with E-state index < -0.39 is 0 Å². The van der Waals surface area contributed by atoms with Crippen molar-refractivity contribution in [3.05, 3.63) is 97.8 Å². The molecule has 3 aromatic carbocycles. The smallest absolute Gasteiger partial charge is 0.358 e. The van der Waals surface area contributed by atoms with E-state index in [9.17, 15) is 0 Å². The van der Waals surface area contributed by atoms with Gasteiger partial charge in [0.1, 0.15) is 0 Å². The molecule has 0 aromatic heterocycles. The normalized spacial score (nSPS) is 11.0. The van der Waals surface area contributed by atoms with Gasteiger partial charge in [0.25, 0.3) is 0 Å². The van der Waals surface area contributed by atoms with Crippen LogP contribution in [0.3, 0.4) is 0 Å². The van der Waals surface area contributed by atoms with E-state index in [1.807, 2.05) is 6.21 Å². The fourth-order valence-corrected chi connectivity index (χ4v) is 4.56. The Hall–Kier alpha value is -2.51. The van der Waals surface area contributed by atoms with E-state index in [1.165, 1.54) is 72.8 Å². The molecule has 3 heteroatoms. The number of aryl methyl sites for hydroxylation is 3. The van der Waals surface area contributed by atoms with Crippen LogP contribution in [0.1, 0.15) is 109 Å². The maximum absolute atomic E-state index is 4.99. The van der Waals surface area contributed by atoms with Crippen LogP contribution < -0.4 is 0 Å². The first kappa shape index (κ1) is 39.5. The van der Waals surface area contributed by atoms with Crippen LogP contribution in [0.4, 0.5) is 11.4 Å². The molecule has 2 nitrogen and oxygen atoms in total. The molecule has 0 N–H and O–H groups in total. The molecular weight excluding hydrogens is 555 g/mol. The van der Waals surface area contributed by atoms with Crippen molar-refractivity contribution in [1.29, 1.82) is 0 Å². The van der Waals surface area contributed by atoms with Crippen LogP contribution in [0.15, 0.2) is 76.7 Å². The second-order valence-corrected chi connectivity index (χ2v) is 10.6. The van der Waals surface area contributed by atoms with Gasteiger partial charge < -0.3 is 14.4 Å². The molecule has 0 aliphatic carbocycles. The van der Waals surface area contributed by atoms with Crippen LogP contribution in [0.2, 0.25) is 0 Å². The maximum atomic E-state index is 4.99. The summed E-state index contributed by atoms with van der Waals surface area (Å²) in [5, 5.41) is 0. The summed E-state index contributed by atoms with van der Waals surface area (Å²) in [5.74, 6) is 0. The maximum Gasteiger partial charge on any atom is 2.00 e. The quantitative estimate of drug-likeness (QED) is 0.0707. The Balaban J connectivity index is 0.00000263. The van der Waals surface area contributed by atoms with Crippen molar-refractivity contribution in [2.75, 3.05) is 0 Å². The molecular formula is C39H56N2Ni. The van der Waals surface area contributed by atoms with Crippen molar-refractivity contribution < 1.29 is 16.5 Å². The Kier molecular flexibility index (Phi) is 22.6. The third-order valence-electron chi connectivity index (χ3n) is 7.09. The van der Waals surface area contributed by atoms with E-state index in [-0.39, 0.29) is 23.9 Å². The second kappa shape index (κ2) is 24.0. The van der Waals surface area contributed by atoms with Gasteiger partial charge in [-0.1, -0.05) is 109 Å². The fraction of sp³-hybridized carbons (Fsp3) is 0.436. The summed E-state index contributed by atoms with van der Waals surface area (Å²) in [7, 11) is 0. The molecule has 0 spiro atoms. The summed E-state index contributed by atoms with van der Waals surface area (Å²) >= 11 is 0. The van der Waals surface area contributed by atoms with Gasteiger partial charge in [0, 0.05) is 6.21 Å². The minimum absolute atomic E-state index is 0. The molecule has 0 saturated carbocycles. The predicted molar refractivity (Wildman–Crippen MR) is 186 cm³/mol. The number of nitrogens with zero attached hydrogens (tertiary/aromatic N) is 2. The predicted octanol–water partition coefficient (Wildman–Crippen LogP) is 12.3. The number of hydrogen-bond donors (Lipinski definition) is 0. The zero-order valence-corrected chi connectivity index (χ0v) is 28.3. The summed E-state index contributed by atoms with van der Waals surface area (Å²) in [6.45, 7) is 14.6. The van der Waals surface area contributed by atoms with Gasteiger partial charge in [-0.2, -0.15) is 6.42 Å². The summed E-state index contributed by atoms with van der Waals surface area (Å²) in [4.78, 5) is 9.87. The van der Waals surface area contributed by atoms with Crippen LogP contribution in [-0.4, -0.2) is 11.9 Å². The van der Waals surface area contributed by atoms with Crippen molar-refractivity contribution in [1.82, 2.24) is 0 Å². The first-order valence-electron chi connectivity index (χ1n) is 15.8. The summed E-state index contributed by atoms with van der Waals surface area (Å²) in [6, 6.07) is 24.2. The first-order valence-corrected chi connectivity index (χ1v) is 15.8. The van der Waals surface area contributed by atoms with Crippen LogP contribution >= 0.6 is 0 Å². The second-order valence-electron chi connectivity index (χ2n) is 10.6. The van der Waals surface area contributed by atoms with Crippen molar-refractivity contribution in [2.24, 2.45) is 9.98 Å². The molecule has 0 aliphatic heterocycles. The largest absolute Gasteiger partial charge is 2.00 e. The van der Waals surface area contributed by atoms with Crippen molar-refractivity contribution >= 4 is 23.3 Å². The van der Waals surface area contributed by atoms with Gasteiger partial charge in [-0.3, -0.25) is 9.98 Å². The van der Waals surface area contributed by atoms with Crippen molar-refractivity contribution in [3.8, 4) is 11.1 Å². The molecule has 0 atom stereocenters. The Morgan fingerprint density at radius 1 is 0.714 bits per heavy atom. The monoisotopic (exact) mass is 610 g/mol. The standard InChI is InChI=1S/C34H44N2.C4H9.CH3.Ni/c1-5-9-11-13-19-30-25-32(20-21-34(30)29-17-14-12-15-18-29)35-26-31(8-4)36-33-23-27(7-3)22-28(24-33)16-10-6-2;1-3-4-2;;/h12,14-15,17-18,20-26H,5-11,13,16,19H2,1-4H3;1,3-4H2,2H3;1H3;/q;2*-1;+2. The van der Waals surface area contributed by atoms with Crippen LogP contribution in [0.25, 0.3) is 11.1 Å². The Morgan fingerprint density at radius 2 is 1.40 bits per heavy atom. The van der Waals surface area contributed by atoms with Gasteiger partial charge in [-0.15, -0.1) is 0 Å². The molecule has 3 rings (SSSR count). The number of unbranched alkanes of at least 4 members (excludes halogenated alkanes) is 5. The van der Waals surface area contributed by atoms with Gasteiger partial charge in [0.05, 0.1) is 17.1 Å². The molecule has 0 saturated heterocycles. The van der Waals surface area contributed by atoms with Crippen LogP contribution in [-0.2, 0) is 35.8 Å². The number of rotatable bonds is 15. The zero-order valence-electron chi connectivity index (χ0n) is 27.3. The molecule has 232 valence electrons. The van der Waals surface area contributed by atoms with E-state index in [4.69, 9.17) is 9.98 Å². The van der Waals surface area contributed by atoms with Gasteiger partial charge in [0.15, 0.2) is 0 Å². The number of hydrogen-bond acceptors (Lipinski definition) is 2. The average Bonchev–Trinajstić information content (AvgIpc) is 3.00. The van der Waals surface area contributed by atoms with E-state index in [1.54, 1.807) is 0 Å². The SMILES string of the molecule is CCCCCCc1cc(N=CC(CC)=Nc2cc(CC)cc(CCCC)c2)ccc1-c1ccccc1.[CH2-]CCC.[CH3-].[Ni+2]. The van der Waals surface area contributed by atoms with Crippen molar-refractivity contribution in [3.63, 3.8) is 0 Å². The number of aliphatic imine (C=N–C) groups is 2. The molecule has 0 aliphatic rings. The Bertz CT molecular complexity index is 1160. The zero-order chi connectivity index (χ0) is 29.0. The van der Waals surface area contributed by atoms with Gasteiger partial charge in [-0.25, -0.2) is 0 Å². The van der Waals surface area contributed by atoms with E-state index in [0.717, 1.165) is 49.2 Å². The summed E-state index contributed by atoms with van der Waals surface area (Å²) in [6.07, 6.45) is 15.8. The first-order chi connectivity index (χ1) is 19.6. The third-order valence-corrected chi connectivity index (χ3v) is 7.09. The minimum atomic E-state index is 0. The molecule has 0 heterocycles. The average molecular weight is 612 g/mol. The molecule has 0 unspecified atom stereocenters. The topological polar surface area (TPSA) is 24.7 Å². The number of benzene rings is 3. The van der Waals surface area contributed by atoms with Crippen LogP contribution in [0.5, 0.6) is 0 Å². The summed E-state index contributed by atoms with van der Waals surface area (Å²) < 4.78 is 0. The summed E-state index contributed by atoms with van der Waals surface area (Å²) in [5.41, 5.74) is 9.83. The van der Waals surface area contributed by atoms with Gasteiger partial charge >= 0.3 is 16.5 Å². The molecule has 3 aromatic rings. The van der Waals surface area contributed by atoms with Gasteiger partial charge in [-0.05, 0) is 90.6 Å². The van der Waals surface area contributed by atoms with Crippen LogP contribution in [0, 0.1) is 14.4 Å². The molecule has 42 heavy (non-hydrogen) atoms. The van der Waals surface area contributed by atoms with E-state index in [2.05, 4.69) is 108 Å². The fourth-order valence-electron chi connectivity index (χ4n) is 4.56.